The number of rotatable bonds is 2. The highest BCUT2D eigenvalue weighted by molar-refractivity contribution is 7.09. The summed E-state index contributed by atoms with van der Waals surface area (Å²) < 4.78 is 4.25. The average molecular weight is 199 g/mol. The molecule has 2 heterocycles. The Balaban J connectivity index is 2.06. The number of β-amino-alcohol motifs (C(OH)–C–C–N with tert-alkyl or cyclic N) is 1. The Morgan fingerprint density at radius 3 is 2.69 bits per heavy atom. The smallest absolute Gasteiger partial charge is 0.205 e. The Labute approximate surface area is 81.4 Å². The first-order valence-corrected chi connectivity index (χ1v) is 5.21. The Bertz CT molecular complexity index is 293. The lowest BCUT2D eigenvalue weighted by molar-refractivity contribution is 0.142. The largest absolute Gasteiger partial charge is 0.389 e. The van der Waals surface area contributed by atoms with Crippen LogP contribution in [0.3, 0.4) is 0 Å². The molecular formula is C8H13N3OS. The quantitative estimate of drug-likeness (QED) is 0.767. The molecule has 0 unspecified atom stereocenters. The van der Waals surface area contributed by atoms with Crippen molar-refractivity contribution in [3.63, 3.8) is 0 Å². The summed E-state index contributed by atoms with van der Waals surface area (Å²) in [6, 6.07) is 0. The van der Waals surface area contributed by atoms with Crippen LogP contribution in [0, 0.1) is 0 Å². The van der Waals surface area contributed by atoms with E-state index < -0.39 is 0 Å². The second-order valence-electron chi connectivity index (χ2n) is 3.65. The summed E-state index contributed by atoms with van der Waals surface area (Å²) in [4.78, 5) is 6.44. The van der Waals surface area contributed by atoms with E-state index in [0.717, 1.165) is 11.0 Å². The van der Waals surface area contributed by atoms with Crippen molar-refractivity contribution >= 4 is 16.7 Å². The zero-order valence-corrected chi connectivity index (χ0v) is 8.58. The maximum atomic E-state index is 9.11. The van der Waals surface area contributed by atoms with Crippen molar-refractivity contribution < 1.29 is 5.11 Å². The van der Waals surface area contributed by atoms with E-state index in [2.05, 4.69) is 23.2 Å². The number of hydrogen-bond donors (Lipinski definition) is 1. The van der Waals surface area contributed by atoms with Crippen LogP contribution in [0.4, 0.5) is 5.13 Å². The fraction of sp³-hybridized carbons (Fsp3) is 0.750. The van der Waals surface area contributed by atoms with Crippen molar-refractivity contribution in [1.29, 1.82) is 0 Å². The van der Waals surface area contributed by atoms with E-state index >= 15 is 0 Å². The van der Waals surface area contributed by atoms with Crippen LogP contribution >= 0.6 is 11.5 Å². The highest BCUT2D eigenvalue weighted by Gasteiger charge is 2.27. The van der Waals surface area contributed by atoms with Gasteiger partial charge in [-0.15, -0.1) is 0 Å². The molecule has 4 nitrogen and oxygen atoms in total. The van der Waals surface area contributed by atoms with Crippen LogP contribution in [-0.4, -0.2) is 33.7 Å². The van der Waals surface area contributed by atoms with Gasteiger partial charge in [0, 0.05) is 30.5 Å². The van der Waals surface area contributed by atoms with E-state index in [9.17, 15) is 0 Å². The number of anilines is 1. The molecule has 0 atom stereocenters. The maximum Gasteiger partial charge on any atom is 0.205 e. The molecular weight excluding hydrogens is 186 g/mol. The highest BCUT2D eigenvalue weighted by atomic mass is 32.1. The van der Waals surface area contributed by atoms with E-state index in [1.807, 2.05) is 4.90 Å². The number of hydrogen-bond acceptors (Lipinski definition) is 5. The van der Waals surface area contributed by atoms with Gasteiger partial charge < -0.3 is 10.0 Å². The molecule has 0 amide bonds. The Kier molecular flexibility index (Phi) is 2.21. The van der Waals surface area contributed by atoms with Crippen LogP contribution in [0.15, 0.2) is 0 Å². The second kappa shape index (κ2) is 3.23. The zero-order valence-electron chi connectivity index (χ0n) is 7.77. The third-order valence-corrected chi connectivity index (χ3v) is 2.87. The van der Waals surface area contributed by atoms with Gasteiger partial charge in [-0.1, -0.05) is 13.8 Å². The monoisotopic (exact) mass is 199 g/mol. The van der Waals surface area contributed by atoms with E-state index in [1.165, 1.54) is 11.5 Å². The van der Waals surface area contributed by atoms with Gasteiger partial charge in [-0.3, -0.25) is 0 Å². The molecule has 1 aliphatic rings. The molecule has 0 radical (unpaired) electrons. The molecule has 1 N–H and O–H groups in total. The molecule has 1 aliphatic heterocycles. The number of aliphatic hydroxyl groups is 1. The first-order chi connectivity index (χ1) is 6.16. The Hall–Kier alpha value is -0.680. The number of aromatic nitrogens is 2. The molecule has 72 valence electrons. The van der Waals surface area contributed by atoms with E-state index in [-0.39, 0.29) is 6.10 Å². The van der Waals surface area contributed by atoms with Crippen molar-refractivity contribution in [3.05, 3.63) is 5.82 Å². The predicted octanol–water partition coefficient (Wildman–Crippen LogP) is 0.842. The van der Waals surface area contributed by atoms with Crippen molar-refractivity contribution in [2.24, 2.45) is 0 Å². The second-order valence-corrected chi connectivity index (χ2v) is 4.38. The highest BCUT2D eigenvalue weighted by Crippen LogP contribution is 2.24. The average Bonchev–Trinajstić information content (AvgIpc) is 2.46. The van der Waals surface area contributed by atoms with Gasteiger partial charge >= 0.3 is 0 Å². The summed E-state index contributed by atoms with van der Waals surface area (Å²) in [6.07, 6.45) is -0.175. The van der Waals surface area contributed by atoms with Gasteiger partial charge in [0.25, 0.3) is 0 Å². The Morgan fingerprint density at radius 1 is 1.54 bits per heavy atom. The van der Waals surface area contributed by atoms with Crippen LogP contribution in [0.25, 0.3) is 0 Å². The van der Waals surface area contributed by atoms with Gasteiger partial charge in [-0.05, 0) is 0 Å². The van der Waals surface area contributed by atoms with E-state index in [4.69, 9.17) is 5.11 Å². The van der Waals surface area contributed by atoms with Gasteiger partial charge in [0.15, 0.2) is 0 Å². The Morgan fingerprint density at radius 2 is 2.23 bits per heavy atom. The summed E-state index contributed by atoms with van der Waals surface area (Å²) in [5.74, 6) is 1.29. The first kappa shape index (κ1) is 8.90. The number of aliphatic hydroxyl groups excluding tert-OH is 1. The first-order valence-electron chi connectivity index (χ1n) is 4.43. The molecule has 0 saturated carbocycles. The van der Waals surface area contributed by atoms with Crippen LogP contribution in [0.5, 0.6) is 0 Å². The summed E-state index contributed by atoms with van der Waals surface area (Å²) in [5, 5.41) is 10.0. The minimum Gasteiger partial charge on any atom is -0.389 e. The summed E-state index contributed by atoms with van der Waals surface area (Å²) in [5.41, 5.74) is 0. The minimum absolute atomic E-state index is 0.175. The topological polar surface area (TPSA) is 49.2 Å². The molecule has 0 aromatic carbocycles. The molecule has 1 aromatic heterocycles. The van der Waals surface area contributed by atoms with Gasteiger partial charge in [0.05, 0.1) is 6.10 Å². The molecule has 0 spiro atoms. The lowest BCUT2D eigenvalue weighted by Gasteiger charge is -2.35. The third-order valence-electron chi connectivity index (χ3n) is 2.08. The van der Waals surface area contributed by atoms with Crippen LogP contribution < -0.4 is 4.90 Å². The van der Waals surface area contributed by atoms with E-state index in [1.54, 1.807) is 0 Å². The van der Waals surface area contributed by atoms with Crippen LogP contribution in [-0.2, 0) is 0 Å². The van der Waals surface area contributed by atoms with E-state index in [0.29, 0.717) is 19.0 Å². The lowest BCUT2D eigenvalue weighted by Crippen LogP contribution is -2.50. The zero-order chi connectivity index (χ0) is 9.42. The third kappa shape index (κ3) is 1.66. The van der Waals surface area contributed by atoms with Crippen molar-refractivity contribution in [2.45, 2.75) is 25.9 Å². The molecule has 1 fully saturated rings. The standard InChI is InChI=1S/C8H13N3OS/c1-5(2)7-9-8(13-10-7)11-3-6(12)4-11/h5-6,12H,3-4H2,1-2H3. The van der Waals surface area contributed by atoms with Crippen molar-refractivity contribution in [2.75, 3.05) is 18.0 Å². The van der Waals surface area contributed by atoms with Gasteiger partial charge in [0.2, 0.25) is 5.13 Å². The molecule has 1 saturated heterocycles. The van der Waals surface area contributed by atoms with Gasteiger partial charge in [0.1, 0.15) is 5.82 Å². The van der Waals surface area contributed by atoms with Crippen molar-refractivity contribution in [1.82, 2.24) is 9.36 Å². The summed E-state index contributed by atoms with van der Waals surface area (Å²) >= 11 is 1.42. The molecule has 0 bridgehead atoms. The molecule has 2 rings (SSSR count). The minimum atomic E-state index is -0.175. The molecule has 0 aliphatic carbocycles. The molecule has 5 heteroatoms. The summed E-state index contributed by atoms with van der Waals surface area (Å²) in [6.45, 7) is 5.56. The maximum absolute atomic E-state index is 9.11. The number of nitrogens with zero attached hydrogens (tertiary/aromatic N) is 3. The van der Waals surface area contributed by atoms with Crippen molar-refractivity contribution in [3.8, 4) is 0 Å². The van der Waals surface area contributed by atoms with Crippen LogP contribution in [0.2, 0.25) is 0 Å². The molecule has 1 aromatic rings. The fourth-order valence-electron chi connectivity index (χ4n) is 1.20. The van der Waals surface area contributed by atoms with Crippen LogP contribution in [0.1, 0.15) is 25.6 Å². The lowest BCUT2D eigenvalue weighted by atomic mass is 10.2. The normalized spacial score (nSPS) is 18.0. The fourth-order valence-corrected chi connectivity index (χ4v) is 2.03. The summed E-state index contributed by atoms with van der Waals surface area (Å²) in [7, 11) is 0. The predicted molar refractivity (Wildman–Crippen MR) is 52.2 cm³/mol. The van der Waals surface area contributed by atoms with Gasteiger partial charge in [-0.25, -0.2) is 4.98 Å². The van der Waals surface area contributed by atoms with Gasteiger partial charge in [-0.2, -0.15) is 4.37 Å². The molecule has 13 heavy (non-hydrogen) atoms. The SMILES string of the molecule is CC(C)c1nsc(N2CC(O)C2)n1.